The summed E-state index contributed by atoms with van der Waals surface area (Å²) in [5, 5.41) is 10.1. The van der Waals surface area contributed by atoms with Crippen molar-refractivity contribution in [1.82, 2.24) is 29.9 Å². The second-order valence-corrected chi connectivity index (χ2v) is 22.4. The average molecular weight is 1080 g/mol. The second kappa shape index (κ2) is 21.0. The summed E-state index contributed by atoms with van der Waals surface area (Å²) in [5.41, 5.74) is 10.8. The Labute approximate surface area is 481 Å². The largest absolute Gasteiger partial charge is 0.208 e. The zero-order chi connectivity index (χ0) is 54.3. The normalized spacial score (nSPS) is 11.4. The molecule has 0 spiro atoms. The van der Waals surface area contributed by atoms with Gasteiger partial charge in [0, 0.05) is 73.7 Å². The van der Waals surface area contributed by atoms with Crippen molar-refractivity contribution in [2.45, 2.75) is 0 Å². The van der Waals surface area contributed by atoms with Gasteiger partial charge in [-0.25, -0.2) is 29.9 Å². The molecule has 0 saturated heterocycles. The van der Waals surface area contributed by atoms with Gasteiger partial charge in [-0.3, -0.25) is 0 Å². The minimum absolute atomic E-state index is 0.672. The van der Waals surface area contributed by atoms with Crippen LogP contribution in [0.4, 0.5) is 0 Å². The molecule has 4 aromatic heterocycles. The molecule has 0 N–H and O–H groups in total. The Bertz CT molecular complexity index is 4920. The van der Waals surface area contributed by atoms with Gasteiger partial charge in [-0.05, 0) is 86.3 Å². The van der Waals surface area contributed by atoms with Crippen LogP contribution in [0.3, 0.4) is 0 Å². The molecule has 4 heterocycles. The van der Waals surface area contributed by atoms with E-state index in [1.165, 1.54) is 84.1 Å². The van der Waals surface area contributed by atoms with Crippen molar-refractivity contribution in [1.29, 1.82) is 0 Å². The van der Waals surface area contributed by atoms with Gasteiger partial charge in [0.15, 0.2) is 34.9 Å². The van der Waals surface area contributed by atoms with Crippen LogP contribution in [0.2, 0.25) is 0 Å². The third kappa shape index (κ3) is 9.41. The van der Waals surface area contributed by atoms with Crippen LogP contribution in [0.5, 0.6) is 0 Å². The van der Waals surface area contributed by atoms with Gasteiger partial charge < -0.3 is 0 Å². The molecule has 0 bridgehead atoms. The summed E-state index contributed by atoms with van der Waals surface area (Å²) in [5.74, 6) is 4.04. The van der Waals surface area contributed by atoms with Gasteiger partial charge in [0.2, 0.25) is 0 Å². The summed E-state index contributed by atoms with van der Waals surface area (Å²) in [6.45, 7) is 0. The number of aromatic nitrogens is 6. The quantitative estimate of drug-likeness (QED) is 0.151. The molecular weight excluding hydrogens is 1040 g/mol. The van der Waals surface area contributed by atoms with Crippen LogP contribution in [0.1, 0.15) is 0 Å². The highest BCUT2D eigenvalue weighted by molar-refractivity contribution is 7.26. The molecule has 16 aromatic rings. The molecule has 0 atom stereocenters. The lowest BCUT2D eigenvalue weighted by Gasteiger charge is -2.08. The van der Waals surface area contributed by atoms with Gasteiger partial charge in [-0.15, -0.1) is 22.7 Å². The smallest absolute Gasteiger partial charge is 0.164 e. The van der Waals surface area contributed by atoms with Crippen molar-refractivity contribution in [2.75, 3.05) is 0 Å². The Morgan fingerprint density at radius 3 is 1.05 bits per heavy atom. The summed E-state index contributed by atoms with van der Waals surface area (Å²) >= 11 is 3.61. The highest BCUT2D eigenvalue weighted by Gasteiger charge is 2.17. The zero-order valence-electron chi connectivity index (χ0n) is 44.1. The molecule has 0 saturated carbocycles. The minimum Gasteiger partial charge on any atom is -0.208 e. The van der Waals surface area contributed by atoms with Crippen LogP contribution in [0.15, 0.2) is 279 Å². The summed E-state index contributed by atoms with van der Waals surface area (Å²) in [6, 6.07) is 97.5. The molecule has 8 heteroatoms. The van der Waals surface area contributed by atoms with E-state index < -0.39 is 0 Å². The molecule has 0 amide bonds. The predicted molar refractivity (Wildman–Crippen MR) is 344 cm³/mol. The van der Waals surface area contributed by atoms with Gasteiger partial charge >= 0.3 is 0 Å². The van der Waals surface area contributed by atoms with E-state index in [1.807, 2.05) is 133 Å². The van der Waals surface area contributed by atoms with E-state index in [-0.39, 0.29) is 0 Å². The van der Waals surface area contributed by atoms with Crippen LogP contribution in [-0.4, -0.2) is 29.9 Å². The summed E-state index contributed by atoms with van der Waals surface area (Å²) in [6.07, 6.45) is 0. The molecule has 16 rings (SSSR count). The molecule has 384 valence electrons. The van der Waals surface area contributed by atoms with Crippen LogP contribution >= 0.6 is 22.7 Å². The summed E-state index contributed by atoms with van der Waals surface area (Å²) < 4.78 is 4.98. The van der Waals surface area contributed by atoms with Crippen LogP contribution in [0, 0.1) is 0 Å². The van der Waals surface area contributed by atoms with Crippen molar-refractivity contribution >= 4 is 84.6 Å². The van der Waals surface area contributed by atoms with Crippen LogP contribution in [0.25, 0.3) is 152 Å². The Morgan fingerprint density at radius 1 is 0.183 bits per heavy atom. The molecule has 0 aliphatic heterocycles. The molecule has 0 aliphatic carbocycles. The summed E-state index contributed by atoms with van der Waals surface area (Å²) in [4.78, 5) is 29.4. The first kappa shape index (κ1) is 48.7. The fourth-order valence-corrected chi connectivity index (χ4v) is 13.2. The van der Waals surface area contributed by atoms with Gasteiger partial charge in [-0.1, -0.05) is 237 Å². The van der Waals surface area contributed by atoms with Crippen molar-refractivity contribution < 1.29 is 0 Å². The van der Waals surface area contributed by atoms with E-state index in [1.54, 1.807) is 11.3 Å². The molecule has 0 unspecified atom stereocenters. The van der Waals surface area contributed by atoms with E-state index in [0.717, 1.165) is 33.4 Å². The Balaban J connectivity index is 0.000000140. The Kier molecular flexibility index (Phi) is 12.5. The van der Waals surface area contributed by atoms with Crippen molar-refractivity contribution in [2.24, 2.45) is 0 Å². The zero-order valence-corrected chi connectivity index (χ0v) is 45.7. The molecule has 0 aliphatic rings. The molecule has 12 aromatic carbocycles. The molecular formula is C74H46N6S2. The van der Waals surface area contributed by atoms with Gasteiger partial charge in [0.1, 0.15) is 0 Å². The molecule has 0 radical (unpaired) electrons. The first-order chi connectivity index (χ1) is 40.6. The third-order valence-corrected chi connectivity index (χ3v) is 17.3. The van der Waals surface area contributed by atoms with Gasteiger partial charge in [0.25, 0.3) is 0 Å². The van der Waals surface area contributed by atoms with Crippen molar-refractivity contribution in [3.63, 3.8) is 0 Å². The minimum atomic E-state index is 0.672. The standard InChI is InChI=1S/2C37H23N3S/c1-3-11-25(12-4-1)35-38-36(26-13-5-2-6-14-26)40-37(39-35)28-18-20-31-32-22-27(19-21-33(32)41-34(31)23-28)30-17-9-15-24-10-7-8-16-29(24)30;1-3-10-25(11-4-1)35-38-36(26-12-5-2-6-13-26)40-37(39-35)30-17-19-31-32-22-29(18-20-33(32)41-34(31)23-30)28-16-15-24-9-7-8-14-27(24)21-28/h2*1-23H. The molecule has 0 fully saturated rings. The van der Waals surface area contributed by atoms with E-state index in [2.05, 4.69) is 158 Å². The average Bonchev–Trinajstić information content (AvgIpc) is 4.17. The van der Waals surface area contributed by atoms with Crippen LogP contribution < -0.4 is 0 Å². The lowest BCUT2D eigenvalue weighted by molar-refractivity contribution is 1.07. The molecule has 6 nitrogen and oxygen atoms in total. The second-order valence-electron chi connectivity index (χ2n) is 20.2. The number of nitrogens with zero attached hydrogens (tertiary/aromatic N) is 6. The maximum absolute atomic E-state index is 4.93. The van der Waals surface area contributed by atoms with E-state index in [0.29, 0.717) is 34.9 Å². The third-order valence-electron chi connectivity index (χ3n) is 15.0. The SMILES string of the molecule is c1ccc(-c2nc(-c3ccccc3)nc(-c3ccc4c(c3)sc3ccc(-c5ccc6ccccc6c5)cc34)n2)cc1.c1ccc(-c2nc(-c3ccccc3)nc(-c3ccc4c(c3)sc3ccc(-c5cccc6ccccc56)cc34)n2)cc1. The monoisotopic (exact) mass is 1080 g/mol. The van der Waals surface area contributed by atoms with E-state index >= 15 is 0 Å². The Hall–Kier alpha value is -10.4. The summed E-state index contributed by atoms with van der Waals surface area (Å²) in [7, 11) is 0. The number of hydrogen-bond donors (Lipinski definition) is 0. The fourth-order valence-electron chi connectivity index (χ4n) is 10.9. The first-order valence-corrected chi connectivity index (χ1v) is 28.9. The lowest BCUT2D eigenvalue weighted by Crippen LogP contribution is -1.99. The maximum atomic E-state index is 4.93. The van der Waals surface area contributed by atoms with Crippen molar-refractivity contribution in [3.8, 4) is 90.6 Å². The van der Waals surface area contributed by atoms with E-state index in [9.17, 15) is 0 Å². The van der Waals surface area contributed by atoms with Crippen molar-refractivity contribution in [3.05, 3.63) is 279 Å². The van der Waals surface area contributed by atoms with Gasteiger partial charge in [-0.2, -0.15) is 0 Å². The lowest BCUT2D eigenvalue weighted by atomic mass is 9.97. The Morgan fingerprint density at radius 2 is 0.549 bits per heavy atom. The highest BCUT2D eigenvalue weighted by atomic mass is 32.1. The number of thiophene rings is 2. The van der Waals surface area contributed by atoms with E-state index in [4.69, 9.17) is 29.9 Å². The van der Waals surface area contributed by atoms with Gasteiger partial charge in [0.05, 0.1) is 0 Å². The topological polar surface area (TPSA) is 77.3 Å². The predicted octanol–water partition coefficient (Wildman–Crippen LogP) is 20.1. The molecule has 82 heavy (non-hydrogen) atoms. The number of rotatable bonds is 8. The fraction of sp³-hybridized carbons (Fsp3) is 0. The number of hydrogen-bond acceptors (Lipinski definition) is 8. The highest BCUT2D eigenvalue weighted by Crippen LogP contribution is 2.41. The first-order valence-electron chi connectivity index (χ1n) is 27.2. The number of fused-ring (bicyclic) bond motifs is 8. The maximum Gasteiger partial charge on any atom is 0.164 e. The number of benzene rings is 12. The van der Waals surface area contributed by atoms with Crippen LogP contribution in [-0.2, 0) is 0 Å².